The second-order valence-electron chi connectivity index (χ2n) is 5.76. The van der Waals surface area contributed by atoms with Crippen LogP contribution in [0.15, 0.2) is 22.6 Å². The Hall–Kier alpha value is -3.09. The summed E-state index contributed by atoms with van der Waals surface area (Å²) in [5.41, 5.74) is 1.78. The van der Waals surface area contributed by atoms with Gasteiger partial charge in [-0.05, 0) is 39.0 Å². The Morgan fingerprint density at radius 1 is 1.20 bits per heavy atom. The minimum atomic E-state index is -0.602. The Balaban J connectivity index is 1.70. The molecule has 0 atom stereocenters. The number of anilines is 1. The van der Waals surface area contributed by atoms with Crippen LogP contribution in [0.3, 0.4) is 0 Å². The Labute approximate surface area is 143 Å². The van der Waals surface area contributed by atoms with E-state index in [1.807, 2.05) is 0 Å². The molecule has 1 aliphatic rings. The molecule has 1 aromatic carbocycles. The van der Waals surface area contributed by atoms with Crippen molar-refractivity contribution in [3.05, 3.63) is 46.4 Å². The Morgan fingerprint density at radius 2 is 1.96 bits per heavy atom. The van der Waals surface area contributed by atoms with Crippen LogP contribution < -0.4 is 10.1 Å². The van der Waals surface area contributed by atoms with Gasteiger partial charge in [-0.25, -0.2) is 4.79 Å². The Kier molecular flexibility index (Phi) is 4.31. The molecular weight excluding hydrogens is 326 g/mol. The molecule has 0 bridgehead atoms. The van der Waals surface area contributed by atoms with Crippen LogP contribution in [-0.4, -0.2) is 30.9 Å². The maximum absolute atomic E-state index is 12.3. The van der Waals surface area contributed by atoms with Gasteiger partial charge in [-0.2, -0.15) is 0 Å². The molecule has 1 N–H and O–H groups in total. The lowest BCUT2D eigenvalue weighted by Crippen LogP contribution is -2.25. The number of carbonyl (C=O) groups is 3. The first-order valence-corrected chi connectivity index (χ1v) is 7.70. The second kappa shape index (κ2) is 6.43. The predicted octanol–water partition coefficient (Wildman–Crippen LogP) is 2.58. The number of nitrogens with one attached hydrogen (secondary N) is 1. The minimum Gasteiger partial charge on any atom is -0.482 e. The van der Waals surface area contributed by atoms with Crippen LogP contribution in [0, 0.1) is 20.8 Å². The first-order valence-electron chi connectivity index (χ1n) is 7.70. The summed E-state index contributed by atoms with van der Waals surface area (Å²) in [5, 5.41) is 2.63. The fourth-order valence-electron chi connectivity index (χ4n) is 2.64. The molecule has 0 saturated heterocycles. The van der Waals surface area contributed by atoms with Crippen LogP contribution in [0.4, 0.5) is 5.69 Å². The molecule has 1 aliphatic heterocycles. The molecule has 7 nitrogen and oxygen atoms in total. The summed E-state index contributed by atoms with van der Waals surface area (Å²) in [6.45, 7) is 4.73. The topological polar surface area (TPSA) is 94.8 Å². The SMILES string of the molecule is Cc1oc(C)c(C(=O)OCC(=O)c2ccc3c(c2)NC(=O)CO3)c1C. The zero-order valence-electron chi connectivity index (χ0n) is 14.1. The zero-order valence-corrected chi connectivity index (χ0v) is 14.1. The lowest BCUT2D eigenvalue weighted by atomic mass is 10.1. The highest BCUT2D eigenvalue weighted by Crippen LogP contribution is 2.28. The monoisotopic (exact) mass is 343 g/mol. The highest BCUT2D eigenvalue weighted by molar-refractivity contribution is 6.02. The van der Waals surface area contributed by atoms with Gasteiger partial charge in [0, 0.05) is 11.1 Å². The van der Waals surface area contributed by atoms with E-state index in [1.54, 1.807) is 32.9 Å². The van der Waals surface area contributed by atoms with Crippen molar-refractivity contribution in [1.82, 2.24) is 0 Å². The summed E-state index contributed by atoms with van der Waals surface area (Å²) in [5.74, 6) is 0.321. The summed E-state index contributed by atoms with van der Waals surface area (Å²) >= 11 is 0. The van der Waals surface area contributed by atoms with Gasteiger partial charge in [0.1, 0.15) is 22.8 Å². The van der Waals surface area contributed by atoms with Crippen molar-refractivity contribution >= 4 is 23.3 Å². The van der Waals surface area contributed by atoms with Gasteiger partial charge in [0.2, 0.25) is 0 Å². The molecule has 130 valence electrons. The lowest BCUT2D eigenvalue weighted by Gasteiger charge is -2.18. The maximum Gasteiger partial charge on any atom is 0.342 e. The van der Waals surface area contributed by atoms with Gasteiger partial charge in [0.25, 0.3) is 5.91 Å². The number of hydrogen-bond acceptors (Lipinski definition) is 6. The van der Waals surface area contributed by atoms with Crippen molar-refractivity contribution in [1.29, 1.82) is 0 Å². The predicted molar refractivity (Wildman–Crippen MR) is 88.1 cm³/mol. The van der Waals surface area contributed by atoms with Gasteiger partial charge in [-0.3, -0.25) is 9.59 Å². The normalized spacial score (nSPS) is 12.8. The van der Waals surface area contributed by atoms with Gasteiger partial charge in [0.05, 0.1) is 5.69 Å². The van der Waals surface area contributed by atoms with E-state index in [0.29, 0.717) is 39.6 Å². The average molecular weight is 343 g/mol. The van der Waals surface area contributed by atoms with E-state index in [0.717, 1.165) is 0 Å². The summed E-state index contributed by atoms with van der Waals surface area (Å²) in [6.07, 6.45) is 0. The standard InChI is InChI=1S/C18H17NO6/c1-9-10(2)25-11(3)17(9)18(22)24-7-14(20)12-4-5-15-13(6-12)19-16(21)8-23-15/h4-6H,7-8H2,1-3H3,(H,19,21). The molecule has 0 fully saturated rings. The van der Waals surface area contributed by atoms with Crippen molar-refractivity contribution in [3.63, 3.8) is 0 Å². The van der Waals surface area contributed by atoms with Gasteiger partial charge >= 0.3 is 5.97 Å². The van der Waals surface area contributed by atoms with Crippen molar-refractivity contribution in [2.24, 2.45) is 0 Å². The minimum absolute atomic E-state index is 0.0548. The molecule has 0 spiro atoms. The summed E-state index contributed by atoms with van der Waals surface area (Å²) in [7, 11) is 0. The second-order valence-corrected chi connectivity index (χ2v) is 5.76. The molecule has 25 heavy (non-hydrogen) atoms. The van der Waals surface area contributed by atoms with Crippen LogP contribution in [0.25, 0.3) is 0 Å². The fourth-order valence-corrected chi connectivity index (χ4v) is 2.64. The van der Waals surface area contributed by atoms with E-state index < -0.39 is 12.6 Å². The van der Waals surface area contributed by atoms with E-state index in [9.17, 15) is 14.4 Å². The molecule has 1 amide bonds. The number of hydrogen-bond donors (Lipinski definition) is 1. The number of ketones is 1. The molecule has 2 aromatic rings. The number of ether oxygens (including phenoxy) is 2. The molecule has 7 heteroatoms. The number of rotatable bonds is 4. The van der Waals surface area contributed by atoms with Crippen molar-refractivity contribution in [2.45, 2.75) is 20.8 Å². The summed E-state index contributed by atoms with van der Waals surface area (Å²) in [6, 6.07) is 4.66. The van der Waals surface area contributed by atoms with E-state index >= 15 is 0 Å². The molecule has 3 rings (SSSR count). The van der Waals surface area contributed by atoms with Gasteiger partial charge in [0.15, 0.2) is 19.0 Å². The maximum atomic E-state index is 12.3. The first kappa shape index (κ1) is 16.8. The number of aryl methyl sites for hydroxylation is 2. The average Bonchev–Trinajstić information content (AvgIpc) is 2.84. The van der Waals surface area contributed by atoms with Crippen molar-refractivity contribution in [2.75, 3.05) is 18.5 Å². The molecule has 2 heterocycles. The number of Topliss-reactive ketones (excluding diaryl/α,β-unsaturated/α-hetero) is 1. The smallest absolute Gasteiger partial charge is 0.342 e. The third-order valence-electron chi connectivity index (χ3n) is 4.03. The number of esters is 1. The fraction of sp³-hybridized carbons (Fsp3) is 0.278. The first-order chi connectivity index (χ1) is 11.9. The van der Waals surface area contributed by atoms with E-state index in [2.05, 4.69) is 5.32 Å². The Bertz CT molecular complexity index is 880. The van der Waals surface area contributed by atoms with Gasteiger partial charge in [-0.15, -0.1) is 0 Å². The third-order valence-corrected chi connectivity index (χ3v) is 4.03. The van der Waals surface area contributed by atoms with Gasteiger partial charge < -0.3 is 19.2 Å². The van der Waals surface area contributed by atoms with Crippen molar-refractivity contribution < 1.29 is 28.3 Å². The number of carbonyl (C=O) groups excluding carboxylic acids is 3. The molecule has 0 aliphatic carbocycles. The van der Waals surface area contributed by atoms with Crippen LogP contribution in [-0.2, 0) is 9.53 Å². The third kappa shape index (κ3) is 3.26. The number of amides is 1. The van der Waals surface area contributed by atoms with Crippen molar-refractivity contribution in [3.8, 4) is 5.75 Å². The van der Waals surface area contributed by atoms with Crippen LogP contribution in [0.1, 0.15) is 37.8 Å². The zero-order chi connectivity index (χ0) is 18.1. The van der Waals surface area contributed by atoms with Crippen LogP contribution >= 0.6 is 0 Å². The molecule has 0 saturated carbocycles. The van der Waals surface area contributed by atoms with Gasteiger partial charge in [-0.1, -0.05) is 0 Å². The lowest BCUT2D eigenvalue weighted by molar-refractivity contribution is -0.118. The summed E-state index contributed by atoms with van der Waals surface area (Å²) < 4.78 is 15.7. The molecule has 0 unspecified atom stereocenters. The summed E-state index contributed by atoms with van der Waals surface area (Å²) in [4.78, 5) is 35.8. The van der Waals surface area contributed by atoms with E-state index in [-0.39, 0.29) is 18.3 Å². The van der Waals surface area contributed by atoms with E-state index in [1.165, 1.54) is 6.07 Å². The van der Waals surface area contributed by atoms with E-state index in [4.69, 9.17) is 13.9 Å². The number of benzene rings is 1. The number of furan rings is 1. The largest absolute Gasteiger partial charge is 0.482 e. The number of fused-ring (bicyclic) bond motifs is 1. The molecule has 1 aromatic heterocycles. The Morgan fingerprint density at radius 3 is 2.64 bits per heavy atom. The highest BCUT2D eigenvalue weighted by atomic mass is 16.5. The van der Waals surface area contributed by atoms with Crippen LogP contribution in [0.2, 0.25) is 0 Å². The van der Waals surface area contributed by atoms with Crippen LogP contribution in [0.5, 0.6) is 5.75 Å². The highest BCUT2D eigenvalue weighted by Gasteiger charge is 2.22. The molecular formula is C18H17NO6. The molecule has 0 radical (unpaired) electrons. The quantitative estimate of drug-likeness (QED) is 0.677.